The first-order valence-corrected chi connectivity index (χ1v) is 10.5. The zero-order chi connectivity index (χ0) is 23.7. The standard InChI is InChI=1S/C21H24IN3O7/c1-5-32-15-7-12(6-14(22)19(15)27)10-24-25-18(26)11-23-21(28)13-8-16(29-2)20(31-4)17(9-13)30-3/h6-10,27H,5,11H2,1-4H3,(H,23,28)(H,25,26)/b24-10+. The van der Waals surface area contributed by atoms with Crippen molar-refractivity contribution in [3.8, 4) is 28.7 Å². The van der Waals surface area contributed by atoms with Gasteiger partial charge in [0.25, 0.3) is 11.8 Å². The van der Waals surface area contributed by atoms with Crippen LogP contribution >= 0.6 is 22.6 Å². The van der Waals surface area contributed by atoms with Crippen molar-refractivity contribution in [2.24, 2.45) is 5.10 Å². The van der Waals surface area contributed by atoms with E-state index in [1.807, 2.05) is 22.6 Å². The summed E-state index contributed by atoms with van der Waals surface area (Å²) in [6.07, 6.45) is 1.41. The van der Waals surface area contributed by atoms with E-state index in [0.717, 1.165) is 0 Å². The number of nitrogens with zero attached hydrogens (tertiary/aromatic N) is 1. The molecule has 0 aliphatic heterocycles. The summed E-state index contributed by atoms with van der Waals surface area (Å²) in [5, 5.41) is 16.3. The number of aromatic hydroxyl groups is 1. The Morgan fingerprint density at radius 2 is 1.72 bits per heavy atom. The molecule has 0 unspecified atom stereocenters. The van der Waals surface area contributed by atoms with E-state index in [0.29, 0.717) is 38.7 Å². The van der Waals surface area contributed by atoms with Crippen LogP contribution in [-0.4, -0.2) is 57.6 Å². The average molecular weight is 557 g/mol. The van der Waals surface area contributed by atoms with Crippen molar-refractivity contribution < 1.29 is 33.6 Å². The molecule has 32 heavy (non-hydrogen) atoms. The van der Waals surface area contributed by atoms with E-state index in [4.69, 9.17) is 18.9 Å². The number of benzene rings is 2. The molecular weight excluding hydrogens is 533 g/mol. The monoisotopic (exact) mass is 557 g/mol. The second-order valence-corrected chi connectivity index (χ2v) is 7.33. The van der Waals surface area contributed by atoms with Gasteiger partial charge in [-0.3, -0.25) is 9.59 Å². The van der Waals surface area contributed by atoms with Gasteiger partial charge in [0.15, 0.2) is 23.0 Å². The highest BCUT2D eigenvalue weighted by atomic mass is 127. The van der Waals surface area contributed by atoms with Gasteiger partial charge < -0.3 is 29.4 Å². The van der Waals surface area contributed by atoms with E-state index in [1.165, 1.54) is 39.7 Å². The number of phenolic OH excluding ortho intramolecular Hbond substituents is 1. The van der Waals surface area contributed by atoms with Gasteiger partial charge >= 0.3 is 0 Å². The summed E-state index contributed by atoms with van der Waals surface area (Å²) in [5.41, 5.74) is 3.18. The van der Waals surface area contributed by atoms with Crippen molar-refractivity contribution in [3.05, 3.63) is 39.0 Å². The Morgan fingerprint density at radius 3 is 2.28 bits per heavy atom. The normalized spacial score (nSPS) is 10.5. The fourth-order valence-electron chi connectivity index (χ4n) is 2.63. The van der Waals surface area contributed by atoms with Crippen molar-refractivity contribution in [2.45, 2.75) is 6.92 Å². The number of halogens is 1. The molecule has 2 aromatic carbocycles. The number of hydrogen-bond acceptors (Lipinski definition) is 8. The molecule has 0 saturated heterocycles. The number of carbonyl (C=O) groups is 2. The largest absolute Gasteiger partial charge is 0.504 e. The summed E-state index contributed by atoms with van der Waals surface area (Å²) in [4.78, 5) is 24.5. The molecule has 172 valence electrons. The molecule has 0 bridgehead atoms. The molecule has 2 rings (SSSR count). The van der Waals surface area contributed by atoms with Gasteiger partial charge in [-0.1, -0.05) is 0 Å². The smallest absolute Gasteiger partial charge is 0.259 e. The van der Waals surface area contributed by atoms with Crippen molar-refractivity contribution in [1.82, 2.24) is 10.7 Å². The van der Waals surface area contributed by atoms with Gasteiger partial charge in [0, 0.05) is 5.56 Å². The summed E-state index contributed by atoms with van der Waals surface area (Å²) < 4.78 is 21.6. The van der Waals surface area contributed by atoms with Crippen LogP contribution in [0.5, 0.6) is 28.7 Å². The third kappa shape index (κ3) is 6.39. The first-order valence-electron chi connectivity index (χ1n) is 9.39. The Balaban J connectivity index is 1.98. The van der Waals surface area contributed by atoms with E-state index in [2.05, 4.69) is 15.8 Å². The maximum absolute atomic E-state index is 12.4. The van der Waals surface area contributed by atoms with E-state index in [-0.39, 0.29) is 17.9 Å². The number of amides is 2. The van der Waals surface area contributed by atoms with Crippen LogP contribution < -0.4 is 29.7 Å². The van der Waals surface area contributed by atoms with Gasteiger partial charge in [0.1, 0.15) is 0 Å². The highest BCUT2D eigenvalue weighted by Crippen LogP contribution is 2.38. The van der Waals surface area contributed by atoms with Crippen LogP contribution in [0.25, 0.3) is 0 Å². The van der Waals surface area contributed by atoms with Crippen molar-refractivity contribution >= 4 is 40.6 Å². The molecule has 0 spiro atoms. The summed E-state index contributed by atoms with van der Waals surface area (Å²) in [6.45, 7) is 1.90. The van der Waals surface area contributed by atoms with E-state index >= 15 is 0 Å². The van der Waals surface area contributed by atoms with Crippen LogP contribution in [0.3, 0.4) is 0 Å². The van der Waals surface area contributed by atoms with E-state index in [1.54, 1.807) is 19.1 Å². The maximum atomic E-state index is 12.4. The predicted octanol–water partition coefficient (Wildman–Crippen LogP) is 2.30. The second kappa shape index (κ2) is 12.0. The van der Waals surface area contributed by atoms with Gasteiger partial charge in [-0.2, -0.15) is 5.10 Å². The topological polar surface area (TPSA) is 128 Å². The van der Waals surface area contributed by atoms with E-state index in [9.17, 15) is 14.7 Å². The Labute approximate surface area is 199 Å². The van der Waals surface area contributed by atoms with Crippen LogP contribution in [0.4, 0.5) is 0 Å². The average Bonchev–Trinajstić information content (AvgIpc) is 2.79. The van der Waals surface area contributed by atoms with E-state index < -0.39 is 11.8 Å². The van der Waals surface area contributed by atoms with Gasteiger partial charge in [-0.05, 0) is 59.3 Å². The lowest BCUT2D eigenvalue weighted by Crippen LogP contribution is -2.34. The highest BCUT2D eigenvalue weighted by Gasteiger charge is 2.17. The predicted molar refractivity (Wildman–Crippen MR) is 126 cm³/mol. The zero-order valence-electron chi connectivity index (χ0n) is 18.0. The second-order valence-electron chi connectivity index (χ2n) is 6.17. The number of phenols is 1. The van der Waals surface area contributed by atoms with Gasteiger partial charge in [-0.25, -0.2) is 5.43 Å². The molecule has 11 heteroatoms. The first-order chi connectivity index (χ1) is 15.3. The number of carbonyl (C=O) groups excluding carboxylic acids is 2. The van der Waals surface area contributed by atoms with Gasteiger partial charge in [0.2, 0.25) is 5.75 Å². The lowest BCUT2D eigenvalue weighted by Gasteiger charge is -2.14. The number of methoxy groups -OCH3 is 3. The molecule has 0 heterocycles. The molecule has 10 nitrogen and oxygen atoms in total. The number of ether oxygens (including phenoxy) is 4. The molecule has 2 aromatic rings. The van der Waals surface area contributed by atoms with Crippen LogP contribution in [-0.2, 0) is 4.79 Å². The summed E-state index contributed by atoms with van der Waals surface area (Å²) in [6, 6.07) is 6.24. The van der Waals surface area contributed by atoms with Crippen molar-refractivity contribution in [2.75, 3.05) is 34.5 Å². The summed E-state index contributed by atoms with van der Waals surface area (Å²) >= 11 is 1.97. The van der Waals surface area contributed by atoms with Crippen LogP contribution in [0, 0.1) is 3.57 Å². The molecule has 0 aliphatic rings. The molecule has 0 fully saturated rings. The third-order valence-corrected chi connectivity index (χ3v) is 4.91. The summed E-state index contributed by atoms with van der Waals surface area (Å²) in [7, 11) is 4.34. The first kappa shape index (κ1) is 25.0. The molecule has 0 saturated carbocycles. The zero-order valence-corrected chi connectivity index (χ0v) is 20.2. The number of hydrogen-bond donors (Lipinski definition) is 3. The Bertz CT molecular complexity index is 986. The molecular formula is C21H24IN3O7. The fourth-order valence-corrected chi connectivity index (χ4v) is 3.25. The quantitative estimate of drug-likeness (QED) is 0.233. The summed E-state index contributed by atoms with van der Waals surface area (Å²) in [5.74, 6) is 0.336. The van der Waals surface area contributed by atoms with Crippen molar-refractivity contribution in [1.29, 1.82) is 0 Å². The Morgan fingerprint density at radius 1 is 1.06 bits per heavy atom. The fraction of sp³-hybridized carbons (Fsp3) is 0.286. The SMILES string of the molecule is CCOc1cc(/C=N/NC(=O)CNC(=O)c2cc(OC)c(OC)c(OC)c2)cc(I)c1O. The Kier molecular flexibility index (Phi) is 9.38. The van der Waals surface area contributed by atoms with Gasteiger partial charge in [-0.15, -0.1) is 0 Å². The molecule has 2 amide bonds. The molecule has 0 aromatic heterocycles. The van der Waals surface area contributed by atoms with Crippen molar-refractivity contribution in [3.63, 3.8) is 0 Å². The molecule has 3 N–H and O–H groups in total. The lowest BCUT2D eigenvalue weighted by atomic mass is 10.1. The van der Waals surface area contributed by atoms with Crippen LogP contribution in [0.1, 0.15) is 22.8 Å². The Hall–Kier alpha value is -3.22. The molecule has 0 aliphatic carbocycles. The number of hydrazone groups is 1. The lowest BCUT2D eigenvalue weighted by molar-refractivity contribution is -0.120. The minimum Gasteiger partial charge on any atom is -0.504 e. The van der Waals surface area contributed by atoms with Crippen LogP contribution in [0.15, 0.2) is 29.4 Å². The maximum Gasteiger partial charge on any atom is 0.259 e. The highest BCUT2D eigenvalue weighted by molar-refractivity contribution is 14.1. The molecule has 0 atom stereocenters. The minimum absolute atomic E-state index is 0.0446. The minimum atomic E-state index is -0.527. The van der Waals surface area contributed by atoms with Crippen LogP contribution in [0.2, 0.25) is 0 Å². The van der Waals surface area contributed by atoms with Gasteiger partial charge in [0.05, 0.1) is 44.3 Å². The number of rotatable bonds is 10. The number of nitrogens with one attached hydrogen (secondary N) is 2. The third-order valence-electron chi connectivity index (χ3n) is 4.09. The molecule has 0 radical (unpaired) electrons.